The molecule has 0 saturated carbocycles. The molecule has 0 radical (unpaired) electrons. The van der Waals surface area contributed by atoms with Gasteiger partial charge < -0.3 is 29.9 Å². The number of carboxylic acids is 1. The number of rotatable bonds is 8. The Kier molecular flexibility index (Phi) is 10.2. The Morgan fingerprint density at radius 2 is 1.87 bits per heavy atom. The molecule has 39 heavy (non-hydrogen) atoms. The topological polar surface area (TPSA) is 108 Å². The summed E-state index contributed by atoms with van der Waals surface area (Å²) in [6.45, 7) is 4.51. The summed E-state index contributed by atoms with van der Waals surface area (Å²) >= 11 is 12.7. The summed E-state index contributed by atoms with van der Waals surface area (Å²) in [6, 6.07) is 10.6. The molecule has 2 heterocycles. The number of nitrogens with zero attached hydrogens (tertiary/aromatic N) is 1. The highest BCUT2D eigenvalue weighted by atomic mass is 35.5. The molecular formula is C26H29Cl2F3N2O6. The molecular weight excluding hydrogens is 564 g/mol. The third-order valence-corrected chi connectivity index (χ3v) is 6.74. The number of phenols is 1. The number of carbonyl (C=O) groups is 2. The van der Waals surface area contributed by atoms with Crippen molar-refractivity contribution in [3.8, 4) is 17.2 Å². The number of hydrogen-bond acceptors (Lipinski definition) is 7. The van der Waals surface area contributed by atoms with E-state index in [9.17, 15) is 23.1 Å². The molecule has 0 amide bonds. The lowest BCUT2D eigenvalue weighted by molar-refractivity contribution is -0.192. The summed E-state index contributed by atoms with van der Waals surface area (Å²) in [7, 11) is 0. The van der Waals surface area contributed by atoms with Crippen molar-refractivity contribution in [1.29, 1.82) is 0 Å². The van der Waals surface area contributed by atoms with Crippen LogP contribution in [0.1, 0.15) is 25.3 Å². The zero-order chi connectivity index (χ0) is 28.8. The molecule has 2 aromatic rings. The number of hydrogen-bond donors (Lipinski definition) is 3. The number of halogens is 5. The SMILES string of the molecule is CC(=O)CNc1ccc(O)cc1OCC(Cl)CN1CCC2(CC1)Cc1cc(Cl)ccc1O2.O=C(O)C(F)(F)F. The normalized spacial score (nSPS) is 16.9. The van der Waals surface area contributed by atoms with Crippen molar-refractivity contribution < 1.29 is 42.4 Å². The molecule has 13 heteroatoms. The van der Waals surface area contributed by atoms with E-state index in [0.29, 0.717) is 24.6 Å². The number of anilines is 1. The lowest BCUT2D eigenvalue weighted by Crippen LogP contribution is -2.49. The van der Waals surface area contributed by atoms with Crippen LogP contribution in [0.2, 0.25) is 5.02 Å². The number of aromatic hydroxyl groups is 1. The Labute approximate surface area is 233 Å². The van der Waals surface area contributed by atoms with Gasteiger partial charge in [-0.25, -0.2) is 4.79 Å². The standard InChI is InChI=1S/C24H28Cl2N2O4.C2HF3O2/c1-16(29)13-27-21-4-3-20(30)11-23(21)31-15-19(26)14-28-8-6-24(7-9-28)12-17-10-18(25)2-5-22(17)32-24;3-2(4,5)1(6)7/h2-5,10-11,19,27,30H,6-9,12-15H2,1H3;(H,6,7). The van der Waals surface area contributed by atoms with Crippen LogP contribution < -0.4 is 14.8 Å². The molecule has 0 aromatic heterocycles. The van der Waals surface area contributed by atoms with Gasteiger partial charge in [0.15, 0.2) is 0 Å². The number of ether oxygens (including phenoxy) is 2. The first-order chi connectivity index (χ1) is 18.3. The summed E-state index contributed by atoms with van der Waals surface area (Å²) in [5.74, 6) is -1.22. The number of ketones is 1. The summed E-state index contributed by atoms with van der Waals surface area (Å²) in [5, 5.41) is 20.5. The van der Waals surface area contributed by atoms with Crippen LogP contribution in [0.4, 0.5) is 18.9 Å². The van der Waals surface area contributed by atoms with Crippen molar-refractivity contribution in [3.05, 3.63) is 47.0 Å². The molecule has 3 N–H and O–H groups in total. The number of likely N-dealkylation sites (tertiary alicyclic amines) is 1. The highest BCUT2D eigenvalue weighted by molar-refractivity contribution is 6.30. The fourth-order valence-corrected chi connectivity index (χ4v) is 4.79. The summed E-state index contributed by atoms with van der Waals surface area (Å²) in [6.07, 6.45) is -2.30. The second-order valence-corrected chi connectivity index (χ2v) is 10.5. The highest BCUT2D eigenvalue weighted by Crippen LogP contribution is 2.42. The average Bonchev–Trinajstić information content (AvgIpc) is 3.20. The predicted molar refractivity (Wildman–Crippen MR) is 140 cm³/mol. The lowest BCUT2D eigenvalue weighted by atomic mass is 9.87. The van der Waals surface area contributed by atoms with E-state index >= 15 is 0 Å². The predicted octanol–water partition coefficient (Wildman–Crippen LogP) is 5.14. The van der Waals surface area contributed by atoms with Crippen molar-refractivity contribution in [2.75, 3.05) is 38.1 Å². The second kappa shape index (κ2) is 13.0. The minimum Gasteiger partial charge on any atom is -0.508 e. The van der Waals surface area contributed by atoms with Crippen molar-refractivity contribution in [1.82, 2.24) is 4.90 Å². The van der Waals surface area contributed by atoms with E-state index in [1.165, 1.54) is 18.6 Å². The molecule has 214 valence electrons. The summed E-state index contributed by atoms with van der Waals surface area (Å²) in [4.78, 5) is 22.5. The number of carbonyl (C=O) groups excluding carboxylic acids is 1. The number of alkyl halides is 4. The van der Waals surface area contributed by atoms with E-state index in [0.717, 1.165) is 43.1 Å². The summed E-state index contributed by atoms with van der Waals surface area (Å²) < 4.78 is 43.9. The van der Waals surface area contributed by atoms with Gasteiger partial charge in [-0.3, -0.25) is 4.79 Å². The largest absolute Gasteiger partial charge is 0.508 e. The van der Waals surface area contributed by atoms with Crippen LogP contribution in [0, 0.1) is 0 Å². The van der Waals surface area contributed by atoms with Gasteiger partial charge in [0.2, 0.25) is 0 Å². The van der Waals surface area contributed by atoms with Crippen LogP contribution in [-0.2, 0) is 16.0 Å². The van der Waals surface area contributed by atoms with Crippen LogP contribution >= 0.6 is 23.2 Å². The van der Waals surface area contributed by atoms with Crippen molar-refractivity contribution in [2.24, 2.45) is 0 Å². The number of benzene rings is 2. The van der Waals surface area contributed by atoms with Crippen molar-refractivity contribution >= 4 is 40.6 Å². The second-order valence-electron chi connectivity index (χ2n) is 9.46. The van der Waals surface area contributed by atoms with Crippen LogP contribution in [0.3, 0.4) is 0 Å². The number of fused-ring (bicyclic) bond motifs is 1. The molecule has 2 aliphatic rings. The van der Waals surface area contributed by atoms with E-state index in [1.807, 2.05) is 18.2 Å². The number of piperidine rings is 1. The van der Waals surface area contributed by atoms with E-state index in [4.69, 9.17) is 42.6 Å². The first kappa shape index (κ1) is 30.6. The van der Waals surface area contributed by atoms with E-state index < -0.39 is 12.1 Å². The Morgan fingerprint density at radius 1 is 1.21 bits per heavy atom. The number of phenolic OH excluding ortho intramolecular Hbond substituents is 1. The fourth-order valence-electron chi connectivity index (χ4n) is 4.33. The van der Waals surface area contributed by atoms with E-state index in [1.54, 1.807) is 12.1 Å². The van der Waals surface area contributed by atoms with Crippen molar-refractivity contribution in [2.45, 2.75) is 43.3 Å². The molecule has 1 unspecified atom stereocenters. The molecule has 0 bridgehead atoms. The molecule has 4 rings (SSSR count). The fraction of sp³-hybridized carbons (Fsp3) is 0.462. The van der Waals surface area contributed by atoms with Gasteiger partial charge in [-0.15, -0.1) is 11.6 Å². The Balaban J connectivity index is 0.000000532. The number of nitrogens with one attached hydrogen (secondary N) is 1. The monoisotopic (exact) mass is 592 g/mol. The van der Waals surface area contributed by atoms with Gasteiger partial charge >= 0.3 is 12.1 Å². The number of aliphatic carboxylic acids is 1. The van der Waals surface area contributed by atoms with Gasteiger partial charge in [-0.05, 0) is 42.8 Å². The van der Waals surface area contributed by atoms with Crippen LogP contribution in [-0.4, -0.2) is 76.8 Å². The third-order valence-electron chi connectivity index (χ3n) is 6.24. The molecule has 1 fully saturated rings. The first-order valence-electron chi connectivity index (χ1n) is 12.1. The first-order valence-corrected chi connectivity index (χ1v) is 12.9. The third kappa shape index (κ3) is 9.08. The Morgan fingerprint density at radius 3 is 2.49 bits per heavy atom. The Hall–Kier alpha value is -2.89. The smallest absolute Gasteiger partial charge is 0.490 e. The Bertz CT molecular complexity index is 1170. The van der Waals surface area contributed by atoms with E-state index in [2.05, 4.69) is 10.2 Å². The van der Waals surface area contributed by atoms with Crippen LogP contribution in [0.15, 0.2) is 36.4 Å². The molecule has 2 aliphatic heterocycles. The van der Waals surface area contributed by atoms with Gasteiger partial charge in [0, 0.05) is 50.0 Å². The van der Waals surface area contributed by atoms with Gasteiger partial charge in [0.25, 0.3) is 0 Å². The zero-order valence-electron chi connectivity index (χ0n) is 21.1. The molecule has 1 atom stereocenters. The van der Waals surface area contributed by atoms with Gasteiger partial charge in [-0.2, -0.15) is 13.2 Å². The average molecular weight is 593 g/mol. The maximum atomic E-state index is 11.3. The molecule has 2 aromatic carbocycles. The van der Waals surface area contributed by atoms with Crippen LogP contribution in [0.5, 0.6) is 17.2 Å². The zero-order valence-corrected chi connectivity index (χ0v) is 22.6. The maximum absolute atomic E-state index is 11.3. The van der Waals surface area contributed by atoms with Gasteiger partial charge in [0.05, 0.1) is 17.6 Å². The lowest BCUT2D eigenvalue weighted by Gasteiger charge is -2.39. The minimum absolute atomic E-state index is 0.0135. The number of carboxylic acid groups (broad SMARTS) is 1. The van der Waals surface area contributed by atoms with E-state index in [-0.39, 0.29) is 29.1 Å². The van der Waals surface area contributed by atoms with Gasteiger partial charge in [0.1, 0.15) is 35.2 Å². The molecule has 1 spiro atoms. The van der Waals surface area contributed by atoms with Gasteiger partial charge in [-0.1, -0.05) is 11.6 Å². The number of Topliss-reactive ketones (excluding diaryl/α,β-unsaturated/α-hetero) is 1. The summed E-state index contributed by atoms with van der Waals surface area (Å²) in [5.41, 5.74) is 1.70. The van der Waals surface area contributed by atoms with Crippen molar-refractivity contribution in [3.63, 3.8) is 0 Å². The molecule has 1 saturated heterocycles. The molecule has 8 nitrogen and oxygen atoms in total. The van der Waals surface area contributed by atoms with Crippen LogP contribution in [0.25, 0.3) is 0 Å². The quantitative estimate of drug-likeness (QED) is 0.286. The maximum Gasteiger partial charge on any atom is 0.490 e. The molecule has 0 aliphatic carbocycles. The minimum atomic E-state index is -5.08. The highest BCUT2D eigenvalue weighted by Gasteiger charge is 2.42.